The van der Waals surface area contributed by atoms with Crippen LogP contribution in [0.15, 0.2) is 46.9 Å². The number of aromatic nitrogens is 1. The van der Waals surface area contributed by atoms with Crippen LogP contribution in [0.1, 0.15) is 17.0 Å². The summed E-state index contributed by atoms with van der Waals surface area (Å²) >= 11 is 0. The van der Waals surface area contributed by atoms with Crippen LogP contribution in [0.4, 0.5) is 0 Å². The minimum absolute atomic E-state index is 0.00975. The molecule has 24 heavy (non-hydrogen) atoms. The second-order valence-corrected chi connectivity index (χ2v) is 5.62. The third-order valence-corrected chi connectivity index (χ3v) is 3.83. The number of oxazole rings is 1. The molecule has 0 atom stereocenters. The Labute approximate surface area is 140 Å². The number of benzene rings is 2. The summed E-state index contributed by atoms with van der Waals surface area (Å²) in [4.78, 5) is 16.4. The molecule has 0 bridgehead atoms. The minimum atomic E-state index is -0.00975. The molecule has 1 heterocycles. The van der Waals surface area contributed by atoms with Gasteiger partial charge in [0.1, 0.15) is 11.3 Å². The van der Waals surface area contributed by atoms with E-state index >= 15 is 0 Å². The van der Waals surface area contributed by atoms with E-state index in [2.05, 4.69) is 10.3 Å². The normalized spacial score (nSPS) is 10.8. The summed E-state index contributed by atoms with van der Waals surface area (Å²) in [5, 5.41) is 2.95. The maximum atomic E-state index is 12.1. The fourth-order valence-electron chi connectivity index (χ4n) is 2.69. The van der Waals surface area contributed by atoms with Gasteiger partial charge in [-0.3, -0.25) is 4.79 Å². The molecule has 3 aromatic rings. The van der Waals surface area contributed by atoms with Crippen LogP contribution >= 0.6 is 0 Å². The molecule has 0 radical (unpaired) electrons. The van der Waals surface area contributed by atoms with Crippen molar-refractivity contribution in [1.29, 1.82) is 0 Å². The smallest absolute Gasteiger partial charge is 0.224 e. The first-order chi connectivity index (χ1) is 11.7. The second kappa shape index (κ2) is 7.17. The predicted molar refractivity (Wildman–Crippen MR) is 92.2 cm³/mol. The summed E-state index contributed by atoms with van der Waals surface area (Å²) in [7, 11) is 1.65. The summed E-state index contributed by atoms with van der Waals surface area (Å²) in [6.07, 6.45) is 1.06. The van der Waals surface area contributed by atoms with Crippen molar-refractivity contribution in [3.8, 4) is 5.75 Å². The zero-order valence-corrected chi connectivity index (χ0v) is 13.8. The van der Waals surface area contributed by atoms with Gasteiger partial charge in [0.2, 0.25) is 5.91 Å². The molecule has 0 spiro atoms. The topological polar surface area (TPSA) is 64.4 Å². The first-order valence-corrected chi connectivity index (χ1v) is 7.90. The van der Waals surface area contributed by atoms with Crippen molar-refractivity contribution < 1.29 is 13.9 Å². The predicted octanol–water partition coefficient (Wildman–Crippen LogP) is 3.05. The Bertz CT molecular complexity index is 855. The first kappa shape index (κ1) is 16.1. The van der Waals surface area contributed by atoms with Crippen molar-refractivity contribution in [2.24, 2.45) is 0 Å². The second-order valence-electron chi connectivity index (χ2n) is 5.62. The summed E-state index contributed by atoms with van der Waals surface area (Å²) in [6.45, 7) is 2.38. The molecule has 1 amide bonds. The van der Waals surface area contributed by atoms with Crippen LogP contribution in [0.25, 0.3) is 11.1 Å². The molecule has 0 aliphatic carbocycles. The van der Waals surface area contributed by atoms with Gasteiger partial charge in [-0.2, -0.15) is 0 Å². The van der Waals surface area contributed by atoms with E-state index in [9.17, 15) is 4.79 Å². The SMILES string of the molecule is COc1ccccc1CCNC(=O)Cc1ccc2oc(C)nc2c1. The van der Waals surface area contributed by atoms with Crippen molar-refractivity contribution in [2.75, 3.05) is 13.7 Å². The molecular weight excluding hydrogens is 304 g/mol. The monoisotopic (exact) mass is 324 g/mol. The number of hydrogen-bond acceptors (Lipinski definition) is 4. The molecular formula is C19H20N2O3. The highest BCUT2D eigenvalue weighted by Gasteiger charge is 2.08. The van der Waals surface area contributed by atoms with Gasteiger partial charge in [-0.1, -0.05) is 24.3 Å². The summed E-state index contributed by atoms with van der Waals surface area (Å²) in [6, 6.07) is 13.5. The Morgan fingerprint density at radius 2 is 2.08 bits per heavy atom. The molecule has 3 rings (SSSR count). The Balaban J connectivity index is 1.55. The summed E-state index contributed by atoms with van der Waals surface area (Å²) in [5.74, 6) is 1.46. The van der Waals surface area contributed by atoms with E-state index in [1.54, 1.807) is 7.11 Å². The van der Waals surface area contributed by atoms with Gasteiger partial charge >= 0.3 is 0 Å². The van der Waals surface area contributed by atoms with Gasteiger partial charge in [-0.05, 0) is 35.7 Å². The number of aryl methyl sites for hydroxylation is 1. The highest BCUT2D eigenvalue weighted by molar-refractivity contribution is 5.81. The largest absolute Gasteiger partial charge is 0.496 e. The van der Waals surface area contributed by atoms with Gasteiger partial charge < -0.3 is 14.5 Å². The molecule has 0 aliphatic rings. The van der Waals surface area contributed by atoms with Gasteiger partial charge in [0, 0.05) is 13.5 Å². The molecule has 1 N–H and O–H groups in total. The van der Waals surface area contributed by atoms with Crippen molar-refractivity contribution in [3.63, 3.8) is 0 Å². The molecule has 0 fully saturated rings. The Morgan fingerprint density at radius 1 is 1.25 bits per heavy atom. The molecule has 2 aromatic carbocycles. The number of hydrogen-bond donors (Lipinski definition) is 1. The molecule has 124 valence electrons. The molecule has 5 heteroatoms. The number of rotatable bonds is 6. The lowest BCUT2D eigenvalue weighted by atomic mass is 10.1. The van der Waals surface area contributed by atoms with Crippen LogP contribution in [0.5, 0.6) is 5.75 Å². The summed E-state index contributed by atoms with van der Waals surface area (Å²) in [5.41, 5.74) is 3.53. The maximum absolute atomic E-state index is 12.1. The quantitative estimate of drug-likeness (QED) is 0.757. The number of nitrogens with zero attached hydrogens (tertiary/aromatic N) is 1. The van der Waals surface area contributed by atoms with E-state index in [1.807, 2.05) is 49.4 Å². The van der Waals surface area contributed by atoms with Gasteiger partial charge in [0.25, 0.3) is 0 Å². The first-order valence-electron chi connectivity index (χ1n) is 7.90. The lowest BCUT2D eigenvalue weighted by Crippen LogP contribution is -2.27. The van der Waals surface area contributed by atoms with Crippen LogP contribution in [-0.2, 0) is 17.6 Å². The van der Waals surface area contributed by atoms with E-state index in [-0.39, 0.29) is 5.91 Å². The van der Waals surface area contributed by atoms with Crippen molar-refractivity contribution in [3.05, 3.63) is 59.5 Å². The van der Waals surface area contributed by atoms with Crippen LogP contribution in [-0.4, -0.2) is 24.5 Å². The van der Waals surface area contributed by atoms with Crippen LogP contribution in [0.3, 0.4) is 0 Å². The number of carbonyl (C=O) groups is 1. The Hall–Kier alpha value is -2.82. The van der Waals surface area contributed by atoms with E-state index in [0.717, 1.165) is 34.4 Å². The number of carbonyl (C=O) groups excluding carboxylic acids is 1. The molecule has 5 nitrogen and oxygen atoms in total. The number of amides is 1. The van der Waals surface area contributed by atoms with E-state index in [4.69, 9.17) is 9.15 Å². The fourth-order valence-corrected chi connectivity index (χ4v) is 2.69. The van der Waals surface area contributed by atoms with E-state index in [1.165, 1.54) is 0 Å². The number of fused-ring (bicyclic) bond motifs is 1. The molecule has 1 aromatic heterocycles. The van der Waals surface area contributed by atoms with Crippen molar-refractivity contribution in [2.45, 2.75) is 19.8 Å². The zero-order valence-electron chi connectivity index (χ0n) is 13.8. The lowest BCUT2D eigenvalue weighted by Gasteiger charge is -2.09. The van der Waals surface area contributed by atoms with Crippen molar-refractivity contribution >= 4 is 17.0 Å². The number of para-hydroxylation sites is 1. The maximum Gasteiger partial charge on any atom is 0.224 e. The van der Waals surface area contributed by atoms with Crippen LogP contribution in [0.2, 0.25) is 0 Å². The molecule has 0 saturated carbocycles. The van der Waals surface area contributed by atoms with E-state index in [0.29, 0.717) is 18.9 Å². The Kier molecular flexibility index (Phi) is 4.79. The van der Waals surface area contributed by atoms with Crippen molar-refractivity contribution in [1.82, 2.24) is 10.3 Å². The molecule has 0 aliphatic heterocycles. The van der Waals surface area contributed by atoms with Gasteiger partial charge in [0.05, 0.1) is 13.5 Å². The summed E-state index contributed by atoms with van der Waals surface area (Å²) < 4.78 is 10.8. The number of methoxy groups -OCH3 is 1. The minimum Gasteiger partial charge on any atom is -0.496 e. The lowest BCUT2D eigenvalue weighted by molar-refractivity contribution is -0.120. The highest BCUT2D eigenvalue weighted by Crippen LogP contribution is 2.18. The van der Waals surface area contributed by atoms with Crippen LogP contribution in [0, 0.1) is 6.92 Å². The number of nitrogens with one attached hydrogen (secondary N) is 1. The van der Waals surface area contributed by atoms with Crippen LogP contribution < -0.4 is 10.1 Å². The number of ether oxygens (including phenoxy) is 1. The average molecular weight is 324 g/mol. The molecule has 0 unspecified atom stereocenters. The standard InChI is InChI=1S/C19H20N2O3/c1-13-21-16-11-14(7-8-18(16)24-13)12-19(22)20-10-9-15-5-3-4-6-17(15)23-2/h3-8,11H,9-10,12H2,1-2H3,(H,20,22). The third kappa shape index (κ3) is 3.74. The average Bonchev–Trinajstić information content (AvgIpc) is 2.94. The van der Waals surface area contributed by atoms with E-state index < -0.39 is 0 Å². The zero-order chi connectivity index (χ0) is 16.9. The Morgan fingerprint density at radius 3 is 2.92 bits per heavy atom. The van der Waals surface area contributed by atoms with Gasteiger partial charge in [0.15, 0.2) is 11.5 Å². The fraction of sp³-hybridized carbons (Fsp3) is 0.263. The third-order valence-electron chi connectivity index (χ3n) is 3.83. The highest BCUT2D eigenvalue weighted by atomic mass is 16.5. The van der Waals surface area contributed by atoms with Gasteiger partial charge in [-0.25, -0.2) is 4.98 Å². The molecule has 0 saturated heterocycles. The van der Waals surface area contributed by atoms with Gasteiger partial charge in [-0.15, -0.1) is 0 Å².